The minimum atomic E-state index is -1.04. The van der Waals surface area contributed by atoms with Gasteiger partial charge in [-0.05, 0) is 31.7 Å². The van der Waals surface area contributed by atoms with Gasteiger partial charge >= 0.3 is 5.97 Å². The Morgan fingerprint density at radius 1 is 1.36 bits per heavy atom. The summed E-state index contributed by atoms with van der Waals surface area (Å²) in [5.41, 5.74) is -1.44. The van der Waals surface area contributed by atoms with Crippen LogP contribution in [0.15, 0.2) is 29.5 Å². The molecule has 1 atom stereocenters. The quantitative estimate of drug-likeness (QED) is 0.614. The molecule has 1 fully saturated rings. The van der Waals surface area contributed by atoms with E-state index >= 15 is 0 Å². The number of benzene rings is 1. The number of hydrogen-bond acceptors (Lipinski definition) is 5. The Balaban J connectivity index is 1.99. The van der Waals surface area contributed by atoms with E-state index in [-0.39, 0.29) is 30.4 Å². The molecule has 0 radical (unpaired) electrons. The minimum absolute atomic E-state index is 0.0149. The number of nitrogens with zero attached hydrogens (tertiary/aromatic N) is 2. The molecule has 0 saturated carbocycles. The molecule has 1 saturated heterocycles. The Morgan fingerprint density at radius 3 is 2.75 bits per heavy atom. The van der Waals surface area contributed by atoms with E-state index in [1.54, 1.807) is 11.9 Å². The zero-order valence-electron chi connectivity index (χ0n) is 16.2. The van der Waals surface area contributed by atoms with Crippen molar-refractivity contribution in [1.29, 1.82) is 0 Å². The largest absolute Gasteiger partial charge is 0.509 e. The first kappa shape index (κ1) is 20.3. The summed E-state index contributed by atoms with van der Waals surface area (Å²) in [7, 11) is 0. The van der Waals surface area contributed by atoms with Gasteiger partial charge in [-0.1, -0.05) is 26.0 Å². The molecule has 1 aromatic rings. The van der Waals surface area contributed by atoms with Gasteiger partial charge in [0, 0.05) is 12.1 Å². The summed E-state index contributed by atoms with van der Waals surface area (Å²) in [5.74, 6) is -4.02. The number of amides is 1. The molecule has 1 amide bonds. The maximum absolute atomic E-state index is 14.2. The molecule has 1 unspecified atom stereocenters. The summed E-state index contributed by atoms with van der Waals surface area (Å²) >= 11 is 0. The van der Waals surface area contributed by atoms with Gasteiger partial charge in [0.15, 0.2) is 17.2 Å². The summed E-state index contributed by atoms with van der Waals surface area (Å²) in [6, 6.07) is 3.74. The fraction of sp³-hybridized carbons (Fsp3) is 0.500. The van der Waals surface area contributed by atoms with Gasteiger partial charge in [0.05, 0.1) is 18.7 Å². The van der Waals surface area contributed by atoms with Gasteiger partial charge in [0.2, 0.25) is 0 Å². The number of hydrogen-bond donors (Lipinski definition) is 1. The van der Waals surface area contributed by atoms with Crippen molar-refractivity contribution in [3.05, 3.63) is 46.7 Å². The van der Waals surface area contributed by atoms with Crippen LogP contribution in [0.2, 0.25) is 0 Å². The lowest BCUT2D eigenvalue weighted by Crippen LogP contribution is -2.60. The molecular formula is C20H24F2N2O4. The third-order valence-electron chi connectivity index (χ3n) is 5.19. The second-order valence-electron chi connectivity index (χ2n) is 7.79. The molecule has 6 nitrogen and oxygen atoms in total. The molecular weight excluding hydrogens is 370 g/mol. The van der Waals surface area contributed by atoms with E-state index in [1.165, 1.54) is 17.1 Å². The molecule has 0 bridgehead atoms. The lowest BCUT2D eigenvalue weighted by atomic mass is 9.91. The molecule has 8 heteroatoms. The highest BCUT2D eigenvalue weighted by molar-refractivity contribution is 6.17. The van der Waals surface area contributed by atoms with Crippen LogP contribution >= 0.6 is 0 Å². The highest BCUT2D eigenvalue weighted by atomic mass is 19.2. The second kappa shape index (κ2) is 7.50. The first-order chi connectivity index (χ1) is 13.2. The zero-order valence-corrected chi connectivity index (χ0v) is 16.2. The maximum Gasteiger partial charge on any atom is 0.347 e. The Hall–Kier alpha value is -2.48. The predicted molar refractivity (Wildman–Crippen MR) is 96.7 cm³/mol. The number of carbonyl (C=O) groups is 2. The van der Waals surface area contributed by atoms with E-state index in [0.717, 1.165) is 6.07 Å². The summed E-state index contributed by atoms with van der Waals surface area (Å²) in [4.78, 5) is 25.6. The van der Waals surface area contributed by atoms with Crippen molar-refractivity contribution in [1.82, 2.24) is 10.0 Å². The van der Waals surface area contributed by atoms with Crippen molar-refractivity contribution in [3.8, 4) is 0 Å². The predicted octanol–water partition coefficient (Wildman–Crippen LogP) is 3.09. The molecule has 0 spiro atoms. The van der Waals surface area contributed by atoms with Crippen LogP contribution in [0, 0.1) is 17.6 Å². The second-order valence-corrected chi connectivity index (χ2v) is 7.79. The average Bonchev–Trinajstić information content (AvgIpc) is 3.03. The topological polar surface area (TPSA) is 70.1 Å². The summed E-state index contributed by atoms with van der Waals surface area (Å²) in [6.07, 6.45) is 1.18. The van der Waals surface area contributed by atoms with E-state index in [9.17, 15) is 23.5 Å². The SMILES string of the molecule is CC(C)COC(=O)C1=C(O)C2(C)CCCN2N(Cc2cccc(F)c2F)C1=O. The van der Waals surface area contributed by atoms with Crippen LogP contribution in [-0.4, -0.2) is 45.7 Å². The molecule has 2 heterocycles. The van der Waals surface area contributed by atoms with Gasteiger partial charge in [0.1, 0.15) is 5.76 Å². The van der Waals surface area contributed by atoms with Crippen molar-refractivity contribution in [2.75, 3.05) is 13.2 Å². The van der Waals surface area contributed by atoms with Gasteiger partial charge < -0.3 is 9.84 Å². The maximum atomic E-state index is 14.2. The van der Waals surface area contributed by atoms with Crippen LogP contribution in [-0.2, 0) is 20.9 Å². The fourth-order valence-electron chi connectivity index (χ4n) is 3.67. The van der Waals surface area contributed by atoms with E-state index in [0.29, 0.717) is 19.4 Å². The van der Waals surface area contributed by atoms with Crippen LogP contribution in [0.4, 0.5) is 8.78 Å². The standard InChI is InChI=1S/C20H24F2N2O4/c1-12(2)11-28-19(27)15-17(25)20(3)8-5-9-24(20)23(18(15)26)10-13-6-4-7-14(21)16(13)22/h4,6-7,12,25H,5,8-11H2,1-3H3. The zero-order chi connectivity index (χ0) is 20.6. The van der Waals surface area contributed by atoms with Gasteiger partial charge in [-0.3, -0.25) is 9.80 Å². The first-order valence-corrected chi connectivity index (χ1v) is 9.30. The molecule has 1 N–H and O–H groups in total. The molecule has 1 aromatic carbocycles. The number of esters is 1. The van der Waals surface area contributed by atoms with Crippen molar-refractivity contribution in [2.24, 2.45) is 5.92 Å². The van der Waals surface area contributed by atoms with E-state index in [2.05, 4.69) is 0 Å². The van der Waals surface area contributed by atoms with Gasteiger partial charge in [-0.15, -0.1) is 0 Å². The van der Waals surface area contributed by atoms with Crippen LogP contribution in [0.5, 0.6) is 0 Å². The average molecular weight is 394 g/mol. The lowest BCUT2D eigenvalue weighted by molar-refractivity contribution is -0.164. The number of aliphatic hydroxyl groups excluding tert-OH is 1. The molecule has 28 heavy (non-hydrogen) atoms. The third kappa shape index (κ3) is 3.37. The van der Waals surface area contributed by atoms with E-state index in [1.807, 2.05) is 13.8 Å². The Labute approximate surface area is 162 Å². The molecule has 2 aliphatic rings. The van der Waals surface area contributed by atoms with Gasteiger partial charge in [-0.25, -0.2) is 18.6 Å². The van der Waals surface area contributed by atoms with Crippen LogP contribution in [0.1, 0.15) is 39.2 Å². The molecule has 152 valence electrons. The third-order valence-corrected chi connectivity index (χ3v) is 5.19. The normalized spacial score (nSPS) is 22.8. The van der Waals surface area contributed by atoms with E-state index in [4.69, 9.17) is 4.74 Å². The number of carbonyl (C=O) groups excluding carboxylic acids is 2. The number of rotatable bonds is 5. The van der Waals surface area contributed by atoms with Crippen molar-refractivity contribution in [3.63, 3.8) is 0 Å². The number of halogens is 2. The number of ether oxygens (including phenoxy) is 1. The van der Waals surface area contributed by atoms with E-state index < -0.39 is 34.6 Å². The molecule has 0 aliphatic carbocycles. The van der Waals surface area contributed by atoms with Crippen molar-refractivity contribution < 1.29 is 28.2 Å². The molecule has 2 aliphatic heterocycles. The molecule has 0 aromatic heterocycles. The fourth-order valence-corrected chi connectivity index (χ4v) is 3.67. The highest BCUT2D eigenvalue weighted by Gasteiger charge is 2.53. The highest BCUT2D eigenvalue weighted by Crippen LogP contribution is 2.41. The van der Waals surface area contributed by atoms with Gasteiger partial charge in [-0.2, -0.15) is 0 Å². The number of fused-ring (bicyclic) bond motifs is 1. The smallest absolute Gasteiger partial charge is 0.347 e. The van der Waals surface area contributed by atoms with Crippen LogP contribution < -0.4 is 0 Å². The Kier molecular flexibility index (Phi) is 5.43. The van der Waals surface area contributed by atoms with Crippen molar-refractivity contribution >= 4 is 11.9 Å². The Bertz CT molecular complexity index is 839. The van der Waals surface area contributed by atoms with Crippen LogP contribution in [0.25, 0.3) is 0 Å². The lowest BCUT2D eigenvalue weighted by Gasteiger charge is -2.46. The molecule has 3 rings (SSSR count). The summed E-state index contributed by atoms with van der Waals surface area (Å²) in [5, 5.41) is 13.6. The first-order valence-electron chi connectivity index (χ1n) is 9.30. The number of hydrazine groups is 1. The summed E-state index contributed by atoms with van der Waals surface area (Å²) < 4.78 is 32.9. The monoisotopic (exact) mass is 394 g/mol. The van der Waals surface area contributed by atoms with Crippen LogP contribution in [0.3, 0.4) is 0 Å². The summed E-state index contributed by atoms with van der Waals surface area (Å²) in [6.45, 7) is 5.70. The minimum Gasteiger partial charge on any atom is -0.509 e. The van der Waals surface area contributed by atoms with Gasteiger partial charge in [0.25, 0.3) is 5.91 Å². The Morgan fingerprint density at radius 2 is 2.07 bits per heavy atom. The van der Waals surface area contributed by atoms with Crippen molar-refractivity contribution in [2.45, 2.75) is 45.7 Å². The number of aliphatic hydroxyl groups is 1.